The molecule has 80 valence electrons. The Morgan fingerprint density at radius 2 is 2.47 bits per heavy atom. The Morgan fingerprint density at radius 3 is 3.00 bits per heavy atom. The summed E-state index contributed by atoms with van der Waals surface area (Å²) >= 11 is 1.48. The fraction of sp³-hybridized carbons (Fsp3) is 0.400. The highest BCUT2D eigenvalue weighted by molar-refractivity contribution is 7.15. The van der Waals surface area contributed by atoms with Crippen molar-refractivity contribution in [2.24, 2.45) is 11.7 Å². The van der Waals surface area contributed by atoms with Crippen LogP contribution in [0.25, 0.3) is 0 Å². The molecule has 5 heteroatoms. The van der Waals surface area contributed by atoms with Gasteiger partial charge in [0, 0.05) is 17.1 Å². The summed E-state index contributed by atoms with van der Waals surface area (Å²) in [6.45, 7) is 1.96. The Kier molecular flexibility index (Phi) is 2.83. The largest absolute Gasteiger partial charge is 0.324 e. The Labute approximate surface area is 92.2 Å². The number of nitrogens with two attached hydrogens (primary N) is 1. The third-order valence-electron chi connectivity index (χ3n) is 2.30. The van der Waals surface area contributed by atoms with Gasteiger partial charge in [-0.3, -0.25) is 4.79 Å². The maximum Gasteiger partial charge on any atom is 0.233 e. The average molecular weight is 223 g/mol. The number of carbonyl (C=O) groups excluding carboxylic acids is 1. The molecular formula is C10H13N3OS. The fourth-order valence-corrected chi connectivity index (χ4v) is 2.20. The van der Waals surface area contributed by atoms with E-state index < -0.39 is 0 Å². The second-order valence-corrected chi connectivity index (χ2v) is 4.89. The van der Waals surface area contributed by atoms with Gasteiger partial charge < -0.3 is 11.1 Å². The highest BCUT2D eigenvalue weighted by Gasteiger charge is 2.23. The number of nitrogens with one attached hydrogen (secondary N) is 1. The molecule has 0 saturated heterocycles. The van der Waals surface area contributed by atoms with Crippen LogP contribution < -0.4 is 11.1 Å². The SMILES string of the molecule is Cc1cnc(NC(=O)C2C=CC(N)C2)s1. The van der Waals surface area contributed by atoms with Gasteiger partial charge in [-0.2, -0.15) is 0 Å². The molecule has 1 aromatic rings. The predicted octanol–water partition coefficient (Wildman–Crippen LogP) is 1.29. The summed E-state index contributed by atoms with van der Waals surface area (Å²) in [6, 6.07) is 0.0128. The van der Waals surface area contributed by atoms with Gasteiger partial charge in [-0.25, -0.2) is 4.98 Å². The molecule has 0 radical (unpaired) electrons. The molecule has 1 heterocycles. The number of aryl methyl sites for hydroxylation is 1. The van der Waals surface area contributed by atoms with Gasteiger partial charge in [0.1, 0.15) is 0 Å². The molecular weight excluding hydrogens is 210 g/mol. The van der Waals surface area contributed by atoms with Crippen LogP contribution in [-0.2, 0) is 4.79 Å². The van der Waals surface area contributed by atoms with Gasteiger partial charge in [0.05, 0.1) is 5.92 Å². The number of thiazole rings is 1. The normalized spacial score (nSPS) is 24.4. The average Bonchev–Trinajstić information content (AvgIpc) is 2.75. The van der Waals surface area contributed by atoms with Crippen LogP contribution in [0.2, 0.25) is 0 Å². The van der Waals surface area contributed by atoms with Crippen molar-refractivity contribution in [3.63, 3.8) is 0 Å². The lowest BCUT2D eigenvalue weighted by Gasteiger charge is -2.07. The van der Waals surface area contributed by atoms with E-state index in [9.17, 15) is 4.79 Å². The van der Waals surface area contributed by atoms with Crippen LogP contribution in [0.4, 0.5) is 5.13 Å². The number of anilines is 1. The molecule has 0 aromatic carbocycles. The zero-order chi connectivity index (χ0) is 10.8. The summed E-state index contributed by atoms with van der Waals surface area (Å²) in [7, 11) is 0. The third kappa shape index (κ3) is 2.43. The molecule has 1 aliphatic carbocycles. The number of aromatic nitrogens is 1. The van der Waals surface area contributed by atoms with Crippen molar-refractivity contribution >= 4 is 22.4 Å². The van der Waals surface area contributed by atoms with E-state index in [-0.39, 0.29) is 17.9 Å². The first kappa shape index (κ1) is 10.3. The van der Waals surface area contributed by atoms with Crippen molar-refractivity contribution in [3.05, 3.63) is 23.2 Å². The van der Waals surface area contributed by atoms with E-state index in [0.29, 0.717) is 11.6 Å². The lowest BCUT2D eigenvalue weighted by Crippen LogP contribution is -2.23. The standard InChI is InChI=1S/C10H13N3OS/c1-6-5-12-10(15-6)13-9(14)7-2-3-8(11)4-7/h2-3,5,7-8H,4,11H2,1H3,(H,12,13,14). The van der Waals surface area contributed by atoms with Crippen molar-refractivity contribution in [1.29, 1.82) is 0 Å². The number of rotatable bonds is 2. The second kappa shape index (κ2) is 4.12. The highest BCUT2D eigenvalue weighted by Crippen LogP contribution is 2.21. The summed E-state index contributed by atoms with van der Waals surface area (Å²) in [6.07, 6.45) is 6.17. The van der Waals surface area contributed by atoms with Crippen molar-refractivity contribution < 1.29 is 4.79 Å². The molecule has 2 unspecified atom stereocenters. The van der Waals surface area contributed by atoms with E-state index in [1.54, 1.807) is 6.20 Å². The maximum absolute atomic E-state index is 11.7. The highest BCUT2D eigenvalue weighted by atomic mass is 32.1. The van der Waals surface area contributed by atoms with Gasteiger partial charge in [0.25, 0.3) is 0 Å². The third-order valence-corrected chi connectivity index (χ3v) is 3.13. The molecule has 1 aliphatic rings. The first-order valence-electron chi connectivity index (χ1n) is 4.82. The predicted molar refractivity (Wildman–Crippen MR) is 60.7 cm³/mol. The fourth-order valence-electron chi connectivity index (χ4n) is 1.53. The lowest BCUT2D eigenvalue weighted by molar-refractivity contribution is -0.118. The van der Waals surface area contributed by atoms with Crippen LogP contribution in [-0.4, -0.2) is 16.9 Å². The molecule has 3 N–H and O–H groups in total. The minimum atomic E-state index is -0.107. The summed E-state index contributed by atoms with van der Waals surface area (Å²) in [5.41, 5.74) is 5.68. The van der Waals surface area contributed by atoms with E-state index >= 15 is 0 Å². The number of hydrogen-bond donors (Lipinski definition) is 2. The Morgan fingerprint density at radius 1 is 1.67 bits per heavy atom. The first-order valence-corrected chi connectivity index (χ1v) is 5.64. The molecule has 2 atom stereocenters. The quantitative estimate of drug-likeness (QED) is 0.742. The van der Waals surface area contributed by atoms with Gasteiger partial charge in [-0.1, -0.05) is 12.2 Å². The van der Waals surface area contributed by atoms with E-state index in [1.165, 1.54) is 11.3 Å². The topological polar surface area (TPSA) is 68.0 Å². The smallest absolute Gasteiger partial charge is 0.233 e. The molecule has 0 aliphatic heterocycles. The van der Waals surface area contributed by atoms with Crippen LogP contribution in [0.1, 0.15) is 11.3 Å². The molecule has 0 bridgehead atoms. The van der Waals surface area contributed by atoms with Gasteiger partial charge in [-0.15, -0.1) is 11.3 Å². The molecule has 0 fully saturated rings. The maximum atomic E-state index is 11.7. The Balaban J connectivity index is 1.96. The van der Waals surface area contributed by atoms with Crippen LogP contribution >= 0.6 is 11.3 Å². The molecule has 0 saturated carbocycles. The number of carbonyl (C=O) groups is 1. The van der Waals surface area contributed by atoms with Crippen molar-refractivity contribution in [1.82, 2.24) is 4.98 Å². The summed E-state index contributed by atoms with van der Waals surface area (Å²) in [5, 5.41) is 3.45. The summed E-state index contributed by atoms with van der Waals surface area (Å²) in [5.74, 6) is -0.127. The van der Waals surface area contributed by atoms with E-state index in [2.05, 4.69) is 10.3 Å². The van der Waals surface area contributed by atoms with Gasteiger partial charge in [0.15, 0.2) is 5.13 Å². The molecule has 1 aromatic heterocycles. The Hall–Kier alpha value is -1.20. The molecule has 15 heavy (non-hydrogen) atoms. The van der Waals surface area contributed by atoms with E-state index in [0.717, 1.165) is 4.88 Å². The van der Waals surface area contributed by atoms with Crippen molar-refractivity contribution in [2.45, 2.75) is 19.4 Å². The monoisotopic (exact) mass is 223 g/mol. The second-order valence-electron chi connectivity index (χ2n) is 3.66. The molecule has 0 spiro atoms. The van der Waals surface area contributed by atoms with Crippen molar-refractivity contribution in [2.75, 3.05) is 5.32 Å². The van der Waals surface area contributed by atoms with Crippen LogP contribution in [0.5, 0.6) is 0 Å². The Bertz CT molecular complexity index is 399. The minimum absolute atomic E-state index is 0.0128. The molecule has 1 amide bonds. The van der Waals surface area contributed by atoms with E-state index in [4.69, 9.17) is 5.73 Å². The van der Waals surface area contributed by atoms with Gasteiger partial charge in [-0.05, 0) is 13.3 Å². The van der Waals surface area contributed by atoms with Crippen molar-refractivity contribution in [3.8, 4) is 0 Å². The molecule has 2 rings (SSSR count). The van der Waals surface area contributed by atoms with E-state index in [1.807, 2.05) is 19.1 Å². The van der Waals surface area contributed by atoms with Crippen LogP contribution in [0.3, 0.4) is 0 Å². The van der Waals surface area contributed by atoms with Gasteiger partial charge >= 0.3 is 0 Å². The lowest BCUT2D eigenvalue weighted by atomic mass is 10.1. The summed E-state index contributed by atoms with van der Waals surface area (Å²) < 4.78 is 0. The first-order chi connectivity index (χ1) is 7.15. The minimum Gasteiger partial charge on any atom is -0.324 e. The molecule has 4 nitrogen and oxygen atoms in total. The number of amides is 1. The number of nitrogens with zero attached hydrogens (tertiary/aromatic N) is 1. The zero-order valence-corrected chi connectivity index (χ0v) is 9.25. The summed E-state index contributed by atoms with van der Waals surface area (Å²) in [4.78, 5) is 16.9. The van der Waals surface area contributed by atoms with Crippen LogP contribution in [0.15, 0.2) is 18.3 Å². The van der Waals surface area contributed by atoms with Gasteiger partial charge in [0.2, 0.25) is 5.91 Å². The van der Waals surface area contributed by atoms with Crippen LogP contribution in [0, 0.1) is 12.8 Å². The zero-order valence-electron chi connectivity index (χ0n) is 8.43. The number of hydrogen-bond acceptors (Lipinski definition) is 4.